The lowest BCUT2D eigenvalue weighted by Crippen LogP contribution is -2.13. The number of carbonyl (C=O) groups is 1. The van der Waals surface area contributed by atoms with Crippen molar-refractivity contribution in [2.75, 3.05) is 6.54 Å². The zero-order chi connectivity index (χ0) is 5.98. The molecule has 0 amide bonds. The number of carbonyl (C=O) groups excluding carboxylic acids is 1. The molecular weight excluding hydrogens is 102 g/mol. The molecule has 0 aromatic rings. The van der Waals surface area contributed by atoms with Crippen LogP contribution in [0, 0.1) is 5.92 Å². The number of hydrogen-bond acceptors (Lipinski definition) is 2. The molecule has 0 spiro atoms. The van der Waals surface area contributed by atoms with Crippen LogP contribution in [0.2, 0.25) is 0 Å². The van der Waals surface area contributed by atoms with Crippen molar-refractivity contribution in [1.82, 2.24) is 0 Å². The third-order valence-electron chi connectivity index (χ3n) is 1.44. The van der Waals surface area contributed by atoms with E-state index in [0.717, 1.165) is 6.42 Å². The average Bonchev–Trinajstić information content (AvgIpc) is 2.50. The van der Waals surface area contributed by atoms with E-state index in [1.54, 1.807) is 0 Å². The second-order valence-corrected chi connectivity index (χ2v) is 2.39. The highest BCUT2D eigenvalue weighted by molar-refractivity contribution is 5.80. The summed E-state index contributed by atoms with van der Waals surface area (Å²) in [5.41, 5.74) is 5.10. The average molecular weight is 113 g/mol. The van der Waals surface area contributed by atoms with Crippen molar-refractivity contribution in [3.05, 3.63) is 0 Å². The van der Waals surface area contributed by atoms with Gasteiger partial charge in [0.2, 0.25) is 0 Å². The highest BCUT2D eigenvalue weighted by atomic mass is 16.1. The molecule has 46 valence electrons. The number of nitrogens with two attached hydrogens (primary N) is 1. The molecule has 0 saturated heterocycles. The lowest BCUT2D eigenvalue weighted by atomic mass is 10.2. The van der Waals surface area contributed by atoms with Gasteiger partial charge in [-0.05, 0) is 18.8 Å². The Bertz CT molecular complexity index is 96.7. The maximum absolute atomic E-state index is 10.5. The molecule has 1 saturated carbocycles. The van der Waals surface area contributed by atoms with Gasteiger partial charge in [0.1, 0.15) is 5.78 Å². The molecular formula is C6H11NO. The van der Waals surface area contributed by atoms with Crippen LogP contribution in [0.1, 0.15) is 19.3 Å². The number of ketones is 1. The number of hydrogen-bond donors (Lipinski definition) is 1. The van der Waals surface area contributed by atoms with E-state index in [2.05, 4.69) is 0 Å². The maximum atomic E-state index is 10.5. The fourth-order valence-corrected chi connectivity index (χ4v) is 0.727. The first-order valence-electron chi connectivity index (χ1n) is 3.04. The Labute approximate surface area is 49.1 Å². The van der Waals surface area contributed by atoms with E-state index in [0.29, 0.717) is 5.92 Å². The Morgan fingerprint density at radius 3 is 2.62 bits per heavy atom. The lowest BCUT2D eigenvalue weighted by molar-refractivity contribution is -0.118. The maximum Gasteiger partial charge on any atom is 0.146 e. The summed E-state index contributed by atoms with van der Waals surface area (Å²) in [4.78, 5) is 10.5. The second-order valence-electron chi connectivity index (χ2n) is 2.39. The molecule has 2 nitrogen and oxygen atoms in total. The van der Waals surface area contributed by atoms with Crippen LogP contribution in [0.3, 0.4) is 0 Å². The van der Waals surface area contributed by atoms with Gasteiger partial charge in [0, 0.05) is 6.42 Å². The van der Waals surface area contributed by atoms with Gasteiger partial charge >= 0.3 is 0 Å². The largest absolute Gasteiger partial charge is 0.324 e. The summed E-state index contributed by atoms with van der Waals surface area (Å²) >= 11 is 0. The molecule has 0 aromatic heterocycles. The fraction of sp³-hybridized carbons (Fsp3) is 0.833. The van der Waals surface area contributed by atoms with Gasteiger partial charge in [-0.25, -0.2) is 0 Å². The summed E-state index contributed by atoms with van der Waals surface area (Å²) in [6.45, 7) is 0.233. The van der Waals surface area contributed by atoms with Gasteiger partial charge in [-0.2, -0.15) is 0 Å². The van der Waals surface area contributed by atoms with E-state index in [1.807, 2.05) is 0 Å². The normalized spacial score (nSPS) is 18.6. The topological polar surface area (TPSA) is 43.1 Å². The van der Waals surface area contributed by atoms with Gasteiger partial charge in [-0.15, -0.1) is 0 Å². The summed E-state index contributed by atoms with van der Waals surface area (Å²) in [5, 5.41) is 0. The smallest absolute Gasteiger partial charge is 0.146 e. The van der Waals surface area contributed by atoms with Gasteiger partial charge in [0.05, 0.1) is 6.54 Å². The first kappa shape index (κ1) is 5.76. The van der Waals surface area contributed by atoms with Crippen LogP contribution in [0.4, 0.5) is 0 Å². The van der Waals surface area contributed by atoms with Gasteiger partial charge in [0.25, 0.3) is 0 Å². The van der Waals surface area contributed by atoms with Crippen LogP contribution in [0.5, 0.6) is 0 Å². The van der Waals surface area contributed by atoms with Crippen molar-refractivity contribution in [3.63, 3.8) is 0 Å². The van der Waals surface area contributed by atoms with Gasteiger partial charge in [-0.3, -0.25) is 4.79 Å². The lowest BCUT2D eigenvalue weighted by Gasteiger charge is -1.89. The summed E-state index contributed by atoms with van der Waals surface area (Å²) in [6, 6.07) is 0. The fourth-order valence-electron chi connectivity index (χ4n) is 0.727. The van der Waals surface area contributed by atoms with E-state index < -0.39 is 0 Å². The molecule has 2 heteroatoms. The molecule has 2 N–H and O–H groups in total. The molecule has 1 aliphatic carbocycles. The molecule has 0 heterocycles. The molecule has 0 unspecified atom stereocenters. The molecule has 0 aliphatic heterocycles. The van der Waals surface area contributed by atoms with E-state index in [4.69, 9.17) is 5.73 Å². The SMILES string of the molecule is NCC(=O)CC1CC1. The van der Waals surface area contributed by atoms with E-state index >= 15 is 0 Å². The van der Waals surface area contributed by atoms with Gasteiger partial charge in [0.15, 0.2) is 0 Å². The Kier molecular flexibility index (Phi) is 1.63. The summed E-state index contributed by atoms with van der Waals surface area (Å²) in [5.74, 6) is 0.915. The van der Waals surface area contributed by atoms with Crippen LogP contribution in [-0.4, -0.2) is 12.3 Å². The predicted octanol–water partition coefficient (Wildman–Crippen LogP) is 0.314. The highest BCUT2D eigenvalue weighted by Crippen LogP contribution is 2.32. The number of Topliss-reactive ketones (excluding diaryl/α,β-unsaturated/α-hetero) is 1. The zero-order valence-electron chi connectivity index (χ0n) is 4.89. The van der Waals surface area contributed by atoms with E-state index in [9.17, 15) is 4.79 Å². The summed E-state index contributed by atoms with van der Waals surface area (Å²) in [6.07, 6.45) is 3.22. The van der Waals surface area contributed by atoms with Crippen LogP contribution in [0.25, 0.3) is 0 Å². The van der Waals surface area contributed by atoms with Crippen LogP contribution in [-0.2, 0) is 4.79 Å². The highest BCUT2D eigenvalue weighted by Gasteiger charge is 2.23. The van der Waals surface area contributed by atoms with Crippen LogP contribution in [0.15, 0.2) is 0 Å². The van der Waals surface area contributed by atoms with Crippen molar-refractivity contribution in [3.8, 4) is 0 Å². The first-order valence-corrected chi connectivity index (χ1v) is 3.04. The Balaban J connectivity index is 2.07. The summed E-state index contributed by atoms with van der Waals surface area (Å²) < 4.78 is 0. The van der Waals surface area contributed by atoms with Crippen molar-refractivity contribution < 1.29 is 4.79 Å². The predicted molar refractivity (Wildman–Crippen MR) is 31.4 cm³/mol. The molecule has 8 heavy (non-hydrogen) atoms. The van der Waals surface area contributed by atoms with E-state index in [-0.39, 0.29) is 12.3 Å². The molecule has 1 fully saturated rings. The third-order valence-corrected chi connectivity index (χ3v) is 1.44. The molecule has 0 aromatic carbocycles. The minimum absolute atomic E-state index is 0.215. The third kappa shape index (κ3) is 1.62. The zero-order valence-corrected chi connectivity index (χ0v) is 4.89. The Hall–Kier alpha value is -0.370. The minimum atomic E-state index is 0.215. The van der Waals surface area contributed by atoms with Crippen molar-refractivity contribution in [1.29, 1.82) is 0 Å². The standard InChI is InChI=1S/C6H11NO/c7-4-6(8)3-5-1-2-5/h5H,1-4,7H2. The summed E-state index contributed by atoms with van der Waals surface area (Å²) in [7, 11) is 0. The molecule has 1 aliphatic rings. The molecule has 0 atom stereocenters. The molecule has 0 radical (unpaired) electrons. The monoisotopic (exact) mass is 113 g/mol. The van der Waals surface area contributed by atoms with Crippen LogP contribution < -0.4 is 5.73 Å². The van der Waals surface area contributed by atoms with Crippen molar-refractivity contribution in [2.45, 2.75) is 19.3 Å². The number of rotatable bonds is 3. The van der Waals surface area contributed by atoms with Crippen molar-refractivity contribution >= 4 is 5.78 Å². The molecule has 1 rings (SSSR count). The van der Waals surface area contributed by atoms with Gasteiger partial charge < -0.3 is 5.73 Å². The Morgan fingerprint density at radius 1 is 1.62 bits per heavy atom. The second kappa shape index (κ2) is 2.27. The molecule has 0 bridgehead atoms. The van der Waals surface area contributed by atoms with E-state index in [1.165, 1.54) is 12.8 Å². The minimum Gasteiger partial charge on any atom is -0.324 e. The Morgan fingerprint density at radius 2 is 2.25 bits per heavy atom. The quantitative estimate of drug-likeness (QED) is 0.572. The van der Waals surface area contributed by atoms with Gasteiger partial charge in [-0.1, -0.05) is 0 Å². The first-order chi connectivity index (χ1) is 3.83. The van der Waals surface area contributed by atoms with Crippen molar-refractivity contribution in [2.24, 2.45) is 11.7 Å². The van der Waals surface area contributed by atoms with Crippen LogP contribution >= 0.6 is 0 Å².